The van der Waals surface area contributed by atoms with Gasteiger partial charge in [-0.1, -0.05) is 11.6 Å². The molecule has 0 fully saturated rings. The Morgan fingerprint density at radius 1 is 1.38 bits per heavy atom. The van der Waals surface area contributed by atoms with Gasteiger partial charge in [0.25, 0.3) is 0 Å². The van der Waals surface area contributed by atoms with Gasteiger partial charge in [0.05, 0.1) is 10.0 Å². The predicted molar refractivity (Wildman–Crippen MR) is 67.9 cm³/mol. The summed E-state index contributed by atoms with van der Waals surface area (Å²) in [6.07, 6.45) is 5.61. The number of rotatable bonds is 1. The number of imidazole rings is 1. The fourth-order valence-electron chi connectivity index (χ4n) is 1.66. The van der Waals surface area contributed by atoms with Crippen molar-refractivity contribution in [2.24, 2.45) is 0 Å². The first-order valence-electron chi connectivity index (χ1n) is 4.72. The molecule has 0 aliphatic carbocycles. The van der Waals surface area contributed by atoms with Gasteiger partial charge in [-0.15, -0.1) is 11.3 Å². The molecular formula is C11H8ClN3S. The minimum absolute atomic E-state index is 0.673. The monoisotopic (exact) mass is 249 g/mol. The number of thiophene rings is 1. The molecule has 5 heteroatoms. The Balaban J connectivity index is 2.24. The lowest BCUT2D eigenvalue weighted by Crippen LogP contribution is -1.93. The first kappa shape index (κ1) is 9.69. The Kier molecular flexibility index (Phi) is 2.12. The van der Waals surface area contributed by atoms with E-state index in [4.69, 9.17) is 17.3 Å². The van der Waals surface area contributed by atoms with E-state index in [2.05, 4.69) is 4.98 Å². The molecule has 3 nitrogen and oxygen atoms in total. The molecule has 0 bridgehead atoms. The van der Waals surface area contributed by atoms with E-state index in [0.717, 1.165) is 20.4 Å². The van der Waals surface area contributed by atoms with E-state index in [9.17, 15) is 0 Å². The Morgan fingerprint density at radius 2 is 2.25 bits per heavy atom. The van der Waals surface area contributed by atoms with Gasteiger partial charge in [-0.2, -0.15) is 0 Å². The van der Waals surface area contributed by atoms with Crippen LogP contribution in [0.2, 0.25) is 4.34 Å². The van der Waals surface area contributed by atoms with E-state index in [1.54, 1.807) is 6.20 Å². The number of hydrogen-bond acceptors (Lipinski definition) is 3. The summed E-state index contributed by atoms with van der Waals surface area (Å²) < 4.78 is 2.69. The van der Waals surface area contributed by atoms with Crippen molar-refractivity contribution in [3.8, 4) is 10.4 Å². The average molecular weight is 250 g/mol. The molecule has 0 amide bonds. The highest BCUT2D eigenvalue weighted by molar-refractivity contribution is 7.19. The Morgan fingerprint density at radius 3 is 3.00 bits per heavy atom. The van der Waals surface area contributed by atoms with Gasteiger partial charge in [0.15, 0.2) is 5.65 Å². The van der Waals surface area contributed by atoms with Crippen LogP contribution in [0.3, 0.4) is 0 Å². The molecular weight excluding hydrogens is 242 g/mol. The zero-order chi connectivity index (χ0) is 11.1. The molecule has 16 heavy (non-hydrogen) atoms. The molecule has 80 valence electrons. The Hall–Kier alpha value is -1.52. The first-order chi connectivity index (χ1) is 7.74. The first-order valence-corrected chi connectivity index (χ1v) is 5.91. The number of nitrogens with two attached hydrogens (primary N) is 1. The second kappa shape index (κ2) is 3.50. The van der Waals surface area contributed by atoms with Gasteiger partial charge in [-0.05, 0) is 18.2 Å². The summed E-state index contributed by atoms with van der Waals surface area (Å²) in [5, 5.41) is 0. The maximum atomic E-state index is 5.93. The number of anilines is 1. The lowest BCUT2D eigenvalue weighted by Gasteiger charge is -2.02. The second-order valence-corrected chi connectivity index (χ2v) is 5.16. The Labute approximate surface area is 101 Å². The van der Waals surface area contributed by atoms with Crippen LogP contribution in [0.5, 0.6) is 0 Å². The van der Waals surface area contributed by atoms with Crippen molar-refractivity contribution >= 4 is 34.3 Å². The van der Waals surface area contributed by atoms with E-state index in [1.807, 2.05) is 35.0 Å². The lowest BCUT2D eigenvalue weighted by molar-refractivity contribution is 1.19. The molecule has 2 N–H and O–H groups in total. The summed E-state index contributed by atoms with van der Waals surface area (Å²) in [6, 6.07) is 5.80. The minimum atomic E-state index is 0.673. The van der Waals surface area contributed by atoms with Gasteiger partial charge in [-0.25, -0.2) is 4.98 Å². The number of halogens is 1. The van der Waals surface area contributed by atoms with Crippen molar-refractivity contribution in [1.82, 2.24) is 9.38 Å². The molecule has 0 unspecified atom stereocenters. The zero-order valence-electron chi connectivity index (χ0n) is 8.22. The normalized spacial score (nSPS) is 11.1. The number of fused-ring (bicyclic) bond motifs is 1. The molecule has 3 aromatic heterocycles. The van der Waals surface area contributed by atoms with Crippen LogP contribution in [0.25, 0.3) is 16.1 Å². The summed E-state index contributed by atoms with van der Waals surface area (Å²) in [7, 11) is 0. The third kappa shape index (κ3) is 1.47. The fourth-order valence-corrected chi connectivity index (χ4v) is 2.69. The van der Waals surface area contributed by atoms with Crippen LogP contribution in [0.15, 0.2) is 36.8 Å². The quantitative estimate of drug-likeness (QED) is 0.719. The summed E-state index contributed by atoms with van der Waals surface area (Å²) in [5.74, 6) is 0. The SMILES string of the molecule is Nc1cc(-c2ccc(Cl)s2)cn2ccnc12. The van der Waals surface area contributed by atoms with Gasteiger partial charge in [0, 0.05) is 29.0 Å². The van der Waals surface area contributed by atoms with Crippen molar-refractivity contribution in [3.05, 3.63) is 41.1 Å². The highest BCUT2D eigenvalue weighted by atomic mass is 35.5. The van der Waals surface area contributed by atoms with E-state index < -0.39 is 0 Å². The average Bonchev–Trinajstić information content (AvgIpc) is 2.85. The third-order valence-corrected chi connectivity index (χ3v) is 3.65. The molecule has 3 aromatic rings. The number of nitrogen functional groups attached to an aromatic ring is 1. The smallest absolute Gasteiger partial charge is 0.160 e. The van der Waals surface area contributed by atoms with Crippen LogP contribution in [0.1, 0.15) is 0 Å². The zero-order valence-corrected chi connectivity index (χ0v) is 9.79. The molecule has 3 rings (SSSR count). The Bertz CT molecular complexity index is 656. The number of aromatic nitrogens is 2. The predicted octanol–water partition coefficient (Wildman–Crippen LogP) is 3.30. The summed E-state index contributed by atoms with van der Waals surface area (Å²) in [4.78, 5) is 5.28. The maximum absolute atomic E-state index is 5.93. The second-order valence-electron chi connectivity index (χ2n) is 3.45. The summed E-state index contributed by atoms with van der Waals surface area (Å²) in [5.41, 5.74) is 8.45. The van der Waals surface area contributed by atoms with Gasteiger partial charge in [0.1, 0.15) is 0 Å². The van der Waals surface area contributed by atoms with E-state index in [1.165, 1.54) is 11.3 Å². The molecule has 0 radical (unpaired) electrons. The molecule has 3 heterocycles. The molecule has 0 saturated heterocycles. The van der Waals surface area contributed by atoms with Gasteiger partial charge >= 0.3 is 0 Å². The van der Waals surface area contributed by atoms with E-state index >= 15 is 0 Å². The van der Waals surface area contributed by atoms with E-state index in [-0.39, 0.29) is 0 Å². The van der Waals surface area contributed by atoms with Crippen LogP contribution in [-0.2, 0) is 0 Å². The lowest BCUT2D eigenvalue weighted by atomic mass is 10.2. The minimum Gasteiger partial charge on any atom is -0.396 e. The topological polar surface area (TPSA) is 43.3 Å². The van der Waals surface area contributed by atoms with Crippen molar-refractivity contribution in [2.45, 2.75) is 0 Å². The van der Waals surface area contributed by atoms with Crippen LogP contribution in [-0.4, -0.2) is 9.38 Å². The molecule has 0 aromatic carbocycles. The maximum Gasteiger partial charge on any atom is 0.160 e. The molecule has 0 aliphatic rings. The highest BCUT2D eigenvalue weighted by Crippen LogP contribution is 2.32. The van der Waals surface area contributed by atoms with Gasteiger partial charge in [0.2, 0.25) is 0 Å². The van der Waals surface area contributed by atoms with Crippen LogP contribution in [0, 0.1) is 0 Å². The van der Waals surface area contributed by atoms with Crippen molar-refractivity contribution in [3.63, 3.8) is 0 Å². The van der Waals surface area contributed by atoms with Crippen molar-refractivity contribution in [1.29, 1.82) is 0 Å². The fraction of sp³-hybridized carbons (Fsp3) is 0. The number of hydrogen-bond donors (Lipinski definition) is 1. The molecule has 0 atom stereocenters. The highest BCUT2D eigenvalue weighted by Gasteiger charge is 2.06. The van der Waals surface area contributed by atoms with Crippen molar-refractivity contribution in [2.75, 3.05) is 5.73 Å². The molecule has 0 saturated carbocycles. The number of nitrogens with zero attached hydrogens (tertiary/aromatic N) is 2. The van der Waals surface area contributed by atoms with Crippen LogP contribution >= 0.6 is 22.9 Å². The van der Waals surface area contributed by atoms with Crippen molar-refractivity contribution < 1.29 is 0 Å². The molecule has 0 aliphatic heterocycles. The van der Waals surface area contributed by atoms with Gasteiger partial charge in [-0.3, -0.25) is 0 Å². The third-order valence-electron chi connectivity index (χ3n) is 2.37. The summed E-state index contributed by atoms with van der Waals surface area (Å²) in [6.45, 7) is 0. The van der Waals surface area contributed by atoms with E-state index in [0.29, 0.717) is 5.69 Å². The molecule has 0 spiro atoms. The number of pyridine rings is 1. The van der Waals surface area contributed by atoms with Gasteiger partial charge < -0.3 is 10.1 Å². The van der Waals surface area contributed by atoms with Crippen LogP contribution in [0.4, 0.5) is 5.69 Å². The standard InChI is InChI=1S/C11H8ClN3S/c12-10-2-1-9(16-10)7-5-8(13)11-14-3-4-15(11)6-7/h1-6H,13H2. The van der Waals surface area contributed by atoms with Crippen LogP contribution < -0.4 is 5.73 Å². The largest absolute Gasteiger partial charge is 0.396 e. The summed E-state index contributed by atoms with van der Waals surface area (Å²) >= 11 is 7.45.